The van der Waals surface area contributed by atoms with Gasteiger partial charge in [0.1, 0.15) is 5.82 Å². The second-order valence-corrected chi connectivity index (χ2v) is 6.20. The lowest BCUT2D eigenvalue weighted by Crippen LogP contribution is -2.39. The molecule has 1 fully saturated rings. The number of hydrogen-bond acceptors (Lipinski definition) is 2. The molecule has 20 heavy (non-hydrogen) atoms. The number of carbonyl (C=O) groups is 1. The maximum Gasteiger partial charge on any atom is 0.311 e. The van der Waals surface area contributed by atoms with Crippen molar-refractivity contribution in [2.45, 2.75) is 26.8 Å². The Hall–Kier alpha value is -1.13. The predicted molar refractivity (Wildman–Crippen MR) is 76.2 cm³/mol. The van der Waals surface area contributed by atoms with Gasteiger partial charge in [-0.3, -0.25) is 9.69 Å². The van der Waals surface area contributed by atoms with Crippen molar-refractivity contribution in [2.24, 2.45) is 11.3 Å². The summed E-state index contributed by atoms with van der Waals surface area (Å²) in [6.45, 7) is 5.37. The molecule has 0 aromatic heterocycles. The van der Waals surface area contributed by atoms with E-state index >= 15 is 0 Å². The highest BCUT2D eigenvalue weighted by Crippen LogP contribution is 2.38. The zero-order valence-electron chi connectivity index (χ0n) is 11.7. The van der Waals surface area contributed by atoms with Gasteiger partial charge in [-0.05, 0) is 24.9 Å². The average molecular weight is 300 g/mol. The van der Waals surface area contributed by atoms with Crippen molar-refractivity contribution in [3.05, 3.63) is 34.6 Å². The number of carboxylic acid groups (broad SMARTS) is 1. The van der Waals surface area contributed by atoms with Crippen LogP contribution in [0.3, 0.4) is 0 Å². The number of carboxylic acids is 1. The van der Waals surface area contributed by atoms with Crippen LogP contribution in [-0.2, 0) is 11.3 Å². The Kier molecular flexibility index (Phi) is 4.35. The topological polar surface area (TPSA) is 40.5 Å². The van der Waals surface area contributed by atoms with Gasteiger partial charge in [0.05, 0.1) is 10.4 Å². The van der Waals surface area contributed by atoms with Gasteiger partial charge in [0, 0.05) is 18.7 Å². The van der Waals surface area contributed by atoms with Crippen LogP contribution in [0.2, 0.25) is 5.02 Å². The van der Waals surface area contributed by atoms with Crippen molar-refractivity contribution in [3.63, 3.8) is 0 Å². The summed E-state index contributed by atoms with van der Waals surface area (Å²) in [5, 5.41) is 9.60. The van der Waals surface area contributed by atoms with Crippen molar-refractivity contribution in [2.75, 3.05) is 13.1 Å². The molecule has 0 saturated carbocycles. The van der Waals surface area contributed by atoms with Crippen LogP contribution in [0.1, 0.15) is 25.8 Å². The number of hydrogen-bond donors (Lipinski definition) is 1. The van der Waals surface area contributed by atoms with E-state index in [2.05, 4.69) is 0 Å². The Morgan fingerprint density at radius 3 is 2.80 bits per heavy atom. The van der Waals surface area contributed by atoms with E-state index < -0.39 is 17.2 Å². The third-order valence-corrected chi connectivity index (χ3v) is 4.63. The molecular formula is C15H19ClFNO2. The molecule has 0 aliphatic carbocycles. The molecule has 5 heteroatoms. The highest BCUT2D eigenvalue weighted by Gasteiger charge is 2.47. The summed E-state index contributed by atoms with van der Waals surface area (Å²) >= 11 is 5.77. The first-order chi connectivity index (χ1) is 9.36. The first-order valence-corrected chi connectivity index (χ1v) is 7.13. The zero-order valence-corrected chi connectivity index (χ0v) is 12.5. The van der Waals surface area contributed by atoms with Gasteiger partial charge in [0.2, 0.25) is 0 Å². The predicted octanol–water partition coefficient (Wildman–Crippen LogP) is 3.41. The number of halogens is 2. The molecule has 0 bridgehead atoms. The molecular weight excluding hydrogens is 281 g/mol. The molecule has 2 rings (SSSR count). The maximum absolute atomic E-state index is 13.9. The largest absolute Gasteiger partial charge is 0.481 e. The standard InChI is InChI=1S/C15H19ClFNO2/c1-10(2)15(14(19)20)6-7-18(9-15)8-11-4-3-5-12(16)13(11)17/h3-5,10H,6-9H2,1-2H3,(H,19,20). The Balaban J connectivity index is 2.14. The highest BCUT2D eigenvalue weighted by atomic mass is 35.5. The van der Waals surface area contributed by atoms with Crippen LogP contribution >= 0.6 is 11.6 Å². The lowest BCUT2D eigenvalue weighted by Gasteiger charge is -2.29. The van der Waals surface area contributed by atoms with Crippen molar-refractivity contribution >= 4 is 17.6 Å². The lowest BCUT2D eigenvalue weighted by molar-refractivity contribution is -0.151. The molecule has 0 radical (unpaired) electrons. The van der Waals surface area contributed by atoms with E-state index in [4.69, 9.17) is 11.6 Å². The van der Waals surface area contributed by atoms with Gasteiger partial charge >= 0.3 is 5.97 Å². The summed E-state index contributed by atoms with van der Waals surface area (Å²) in [6, 6.07) is 4.92. The number of aliphatic carboxylic acids is 1. The zero-order chi connectivity index (χ0) is 14.9. The maximum atomic E-state index is 13.9. The minimum atomic E-state index is -0.762. The fraction of sp³-hybridized carbons (Fsp3) is 0.533. The molecule has 1 atom stereocenters. The van der Waals surface area contributed by atoms with Gasteiger partial charge in [0.15, 0.2) is 0 Å². The normalized spacial score (nSPS) is 23.4. The fourth-order valence-electron chi connectivity index (χ4n) is 2.85. The number of rotatable bonds is 4. The summed E-state index contributed by atoms with van der Waals surface area (Å²) in [7, 11) is 0. The van der Waals surface area contributed by atoms with E-state index in [9.17, 15) is 14.3 Å². The number of nitrogens with zero attached hydrogens (tertiary/aromatic N) is 1. The summed E-state index contributed by atoms with van der Waals surface area (Å²) < 4.78 is 13.9. The quantitative estimate of drug-likeness (QED) is 0.926. The number of likely N-dealkylation sites (tertiary alicyclic amines) is 1. The van der Waals surface area contributed by atoms with Crippen LogP contribution < -0.4 is 0 Å². The Labute approximate surface area is 123 Å². The third kappa shape index (κ3) is 2.67. The second kappa shape index (κ2) is 5.70. The molecule has 1 heterocycles. The van der Waals surface area contributed by atoms with Gasteiger partial charge in [-0.2, -0.15) is 0 Å². The minimum absolute atomic E-state index is 0.0502. The Morgan fingerprint density at radius 1 is 1.55 bits per heavy atom. The van der Waals surface area contributed by atoms with Crippen molar-refractivity contribution in [3.8, 4) is 0 Å². The van der Waals surface area contributed by atoms with Crippen LogP contribution in [0.4, 0.5) is 4.39 Å². The SMILES string of the molecule is CC(C)C1(C(=O)O)CCN(Cc2cccc(Cl)c2F)C1. The van der Waals surface area contributed by atoms with Crippen molar-refractivity contribution in [1.82, 2.24) is 4.90 Å². The highest BCUT2D eigenvalue weighted by molar-refractivity contribution is 6.30. The molecule has 1 N–H and O–H groups in total. The molecule has 0 spiro atoms. The van der Waals surface area contributed by atoms with Crippen molar-refractivity contribution in [1.29, 1.82) is 0 Å². The molecule has 1 aromatic rings. The summed E-state index contributed by atoms with van der Waals surface area (Å²) in [6.07, 6.45) is 0.599. The minimum Gasteiger partial charge on any atom is -0.481 e. The molecule has 3 nitrogen and oxygen atoms in total. The van der Waals surface area contributed by atoms with E-state index in [1.807, 2.05) is 18.7 Å². The van der Waals surface area contributed by atoms with E-state index in [0.29, 0.717) is 31.6 Å². The molecule has 1 aliphatic heterocycles. The second-order valence-electron chi connectivity index (χ2n) is 5.79. The van der Waals surface area contributed by atoms with Crippen LogP contribution in [0.15, 0.2) is 18.2 Å². The smallest absolute Gasteiger partial charge is 0.311 e. The van der Waals surface area contributed by atoms with Crippen LogP contribution in [0.25, 0.3) is 0 Å². The van der Waals surface area contributed by atoms with E-state index in [1.165, 1.54) is 6.07 Å². The molecule has 1 unspecified atom stereocenters. The molecule has 0 amide bonds. The van der Waals surface area contributed by atoms with Gasteiger partial charge < -0.3 is 5.11 Å². The van der Waals surface area contributed by atoms with Crippen LogP contribution in [0, 0.1) is 17.2 Å². The van der Waals surface area contributed by atoms with Crippen molar-refractivity contribution < 1.29 is 14.3 Å². The molecule has 1 aliphatic rings. The van der Waals surface area contributed by atoms with Crippen LogP contribution in [0.5, 0.6) is 0 Å². The summed E-state index contributed by atoms with van der Waals surface area (Å²) in [5.74, 6) is -1.12. The van der Waals surface area contributed by atoms with Crippen LogP contribution in [-0.4, -0.2) is 29.1 Å². The summed E-state index contributed by atoms with van der Waals surface area (Å²) in [5.41, 5.74) is -0.211. The number of benzene rings is 1. The monoisotopic (exact) mass is 299 g/mol. The van der Waals surface area contributed by atoms with Gasteiger partial charge in [-0.15, -0.1) is 0 Å². The molecule has 110 valence electrons. The Bertz CT molecular complexity index is 521. The van der Waals surface area contributed by atoms with E-state index in [-0.39, 0.29) is 10.9 Å². The summed E-state index contributed by atoms with van der Waals surface area (Å²) in [4.78, 5) is 13.6. The average Bonchev–Trinajstić information content (AvgIpc) is 2.80. The Morgan fingerprint density at radius 2 is 2.25 bits per heavy atom. The molecule has 1 saturated heterocycles. The van der Waals surface area contributed by atoms with E-state index in [1.54, 1.807) is 12.1 Å². The molecule has 1 aromatic carbocycles. The van der Waals surface area contributed by atoms with E-state index in [0.717, 1.165) is 0 Å². The first kappa shape index (κ1) is 15.3. The first-order valence-electron chi connectivity index (χ1n) is 6.75. The fourth-order valence-corrected chi connectivity index (χ4v) is 3.05. The van der Waals surface area contributed by atoms with Gasteiger partial charge in [-0.25, -0.2) is 4.39 Å². The van der Waals surface area contributed by atoms with Gasteiger partial charge in [-0.1, -0.05) is 37.6 Å². The lowest BCUT2D eigenvalue weighted by atomic mass is 9.76. The third-order valence-electron chi connectivity index (χ3n) is 4.34. The van der Waals surface area contributed by atoms with Gasteiger partial charge in [0.25, 0.3) is 0 Å².